The third-order valence-corrected chi connectivity index (χ3v) is 6.74. The molecule has 1 amide bonds. The van der Waals surface area contributed by atoms with Gasteiger partial charge in [0.05, 0.1) is 11.4 Å². The van der Waals surface area contributed by atoms with Crippen LogP contribution in [0.4, 0.5) is 5.82 Å². The maximum absolute atomic E-state index is 12.3. The fraction of sp³-hybridized carbons (Fsp3) is 0.273. The predicted octanol–water partition coefficient (Wildman–Crippen LogP) is 3.40. The van der Waals surface area contributed by atoms with Gasteiger partial charge in [0.2, 0.25) is 5.91 Å². The number of para-hydroxylation sites is 1. The van der Waals surface area contributed by atoms with Gasteiger partial charge in [-0.05, 0) is 48.6 Å². The molecule has 6 nitrogen and oxygen atoms in total. The second-order valence-electron chi connectivity index (χ2n) is 7.22. The molecule has 1 N–H and O–H groups in total. The van der Waals surface area contributed by atoms with Crippen molar-refractivity contribution in [1.29, 1.82) is 0 Å². The molecule has 4 rings (SSSR count). The van der Waals surface area contributed by atoms with Crippen molar-refractivity contribution in [2.75, 3.05) is 16.8 Å². The Kier molecular flexibility index (Phi) is 5.24. The van der Waals surface area contributed by atoms with E-state index in [9.17, 15) is 13.2 Å². The number of amides is 1. The van der Waals surface area contributed by atoms with Crippen LogP contribution in [0.3, 0.4) is 0 Å². The van der Waals surface area contributed by atoms with E-state index in [1.54, 1.807) is 10.7 Å². The van der Waals surface area contributed by atoms with Gasteiger partial charge in [-0.25, -0.2) is 13.1 Å². The first-order valence-electron chi connectivity index (χ1n) is 9.73. The molecule has 0 atom stereocenters. The molecule has 0 fully saturated rings. The first kappa shape index (κ1) is 19.4. The molecule has 0 spiro atoms. The lowest BCUT2D eigenvalue weighted by atomic mass is 10.0. The Labute approximate surface area is 170 Å². The van der Waals surface area contributed by atoms with Crippen LogP contribution in [0.5, 0.6) is 0 Å². The summed E-state index contributed by atoms with van der Waals surface area (Å²) >= 11 is 0. The Bertz CT molecular complexity index is 1150. The van der Waals surface area contributed by atoms with E-state index in [0.29, 0.717) is 5.82 Å². The highest BCUT2D eigenvalue weighted by atomic mass is 32.2. The zero-order chi connectivity index (χ0) is 20.4. The molecule has 0 aliphatic heterocycles. The number of anilines is 1. The Morgan fingerprint density at radius 3 is 2.59 bits per heavy atom. The van der Waals surface area contributed by atoms with Crippen LogP contribution in [0.1, 0.15) is 24.5 Å². The van der Waals surface area contributed by atoms with Crippen LogP contribution in [0.2, 0.25) is 0 Å². The summed E-state index contributed by atoms with van der Waals surface area (Å²) in [4.78, 5) is 12.3. The fourth-order valence-electron chi connectivity index (χ4n) is 3.59. The van der Waals surface area contributed by atoms with Gasteiger partial charge in [0, 0.05) is 17.4 Å². The van der Waals surface area contributed by atoms with Gasteiger partial charge in [0.15, 0.2) is 9.84 Å². The number of nitrogens with one attached hydrogen (secondary N) is 1. The van der Waals surface area contributed by atoms with Gasteiger partial charge < -0.3 is 5.32 Å². The molecule has 0 bridgehead atoms. The number of nitrogens with zero attached hydrogens (tertiary/aromatic N) is 2. The number of fused-ring (bicyclic) bond motifs is 1. The number of rotatable bonds is 6. The van der Waals surface area contributed by atoms with Gasteiger partial charge in [0.1, 0.15) is 11.6 Å². The molecular formula is C22H23N3O3S. The standard InChI is InChI=1S/C22H23N3O3S/c1-2-29(27,28)15-22(26)23-21-14-20(24-25(21)19-9-4-3-5-10-19)18-12-11-16-7-6-8-17(16)13-18/h3-5,9-14H,2,6-8,15H2,1H3,(H,23,26). The molecule has 1 aromatic heterocycles. The molecule has 0 saturated carbocycles. The van der Waals surface area contributed by atoms with Crippen molar-refractivity contribution in [2.45, 2.75) is 26.2 Å². The number of benzene rings is 2. The summed E-state index contributed by atoms with van der Waals surface area (Å²) in [6.07, 6.45) is 3.35. The number of aryl methyl sites for hydroxylation is 2. The van der Waals surface area contributed by atoms with E-state index in [2.05, 4.69) is 23.5 Å². The summed E-state index contributed by atoms with van der Waals surface area (Å²) in [5, 5.41) is 7.42. The maximum atomic E-state index is 12.3. The SMILES string of the molecule is CCS(=O)(=O)CC(=O)Nc1cc(-c2ccc3c(c2)CCC3)nn1-c1ccccc1. The number of sulfone groups is 1. The first-order chi connectivity index (χ1) is 13.9. The zero-order valence-electron chi connectivity index (χ0n) is 16.3. The molecule has 0 saturated heterocycles. The Balaban J connectivity index is 1.71. The van der Waals surface area contributed by atoms with Gasteiger partial charge in [-0.2, -0.15) is 5.10 Å². The number of carbonyl (C=O) groups is 1. The van der Waals surface area contributed by atoms with Crippen molar-refractivity contribution in [3.63, 3.8) is 0 Å². The summed E-state index contributed by atoms with van der Waals surface area (Å²) in [6.45, 7) is 1.53. The Hall–Kier alpha value is -2.93. The predicted molar refractivity (Wildman–Crippen MR) is 114 cm³/mol. The summed E-state index contributed by atoms with van der Waals surface area (Å²) in [5.74, 6) is -0.733. The van der Waals surface area contributed by atoms with E-state index in [1.165, 1.54) is 24.5 Å². The number of aromatic nitrogens is 2. The minimum Gasteiger partial charge on any atom is -0.310 e. The number of hydrogen-bond acceptors (Lipinski definition) is 4. The topological polar surface area (TPSA) is 81.1 Å². The van der Waals surface area contributed by atoms with Crippen molar-refractivity contribution in [3.05, 3.63) is 65.7 Å². The van der Waals surface area contributed by atoms with Crippen LogP contribution in [0.25, 0.3) is 16.9 Å². The normalized spacial score (nSPS) is 13.3. The van der Waals surface area contributed by atoms with Crippen LogP contribution < -0.4 is 5.32 Å². The maximum Gasteiger partial charge on any atom is 0.240 e. The van der Waals surface area contributed by atoms with Crippen molar-refractivity contribution in [3.8, 4) is 16.9 Å². The van der Waals surface area contributed by atoms with Gasteiger partial charge in [-0.15, -0.1) is 0 Å². The van der Waals surface area contributed by atoms with Crippen LogP contribution in [0.15, 0.2) is 54.6 Å². The molecule has 1 aliphatic carbocycles. The van der Waals surface area contributed by atoms with Crippen LogP contribution in [-0.4, -0.2) is 35.6 Å². The zero-order valence-corrected chi connectivity index (χ0v) is 17.1. The minimum absolute atomic E-state index is 0.0707. The number of hydrogen-bond donors (Lipinski definition) is 1. The number of carbonyl (C=O) groups excluding carboxylic acids is 1. The third kappa shape index (κ3) is 4.24. The monoisotopic (exact) mass is 409 g/mol. The van der Waals surface area contributed by atoms with Crippen LogP contribution in [0, 0.1) is 0 Å². The third-order valence-electron chi connectivity index (χ3n) is 5.16. The lowest BCUT2D eigenvalue weighted by Gasteiger charge is -2.08. The summed E-state index contributed by atoms with van der Waals surface area (Å²) in [5.41, 5.74) is 5.23. The van der Waals surface area contributed by atoms with Crippen molar-refractivity contribution in [1.82, 2.24) is 9.78 Å². The van der Waals surface area contributed by atoms with Crippen LogP contribution in [-0.2, 0) is 27.5 Å². The summed E-state index contributed by atoms with van der Waals surface area (Å²) in [6, 6.07) is 17.6. The second-order valence-corrected chi connectivity index (χ2v) is 9.58. The van der Waals surface area contributed by atoms with E-state index < -0.39 is 21.5 Å². The van der Waals surface area contributed by atoms with E-state index in [1.807, 2.05) is 30.3 Å². The van der Waals surface area contributed by atoms with Crippen LogP contribution >= 0.6 is 0 Å². The smallest absolute Gasteiger partial charge is 0.240 e. The first-order valence-corrected chi connectivity index (χ1v) is 11.6. The van der Waals surface area contributed by atoms with E-state index in [4.69, 9.17) is 5.10 Å². The van der Waals surface area contributed by atoms with Crippen molar-refractivity contribution >= 4 is 21.6 Å². The van der Waals surface area contributed by atoms with E-state index in [0.717, 1.165) is 29.8 Å². The Morgan fingerprint density at radius 1 is 1.07 bits per heavy atom. The van der Waals surface area contributed by atoms with Crippen molar-refractivity contribution in [2.24, 2.45) is 0 Å². The molecular weight excluding hydrogens is 386 g/mol. The minimum atomic E-state index is -3.41. The van der Waals surface area contributed by atoms with Gasteiger partial charge in [-0.1, -0.05) is 37.3 Å². The second kappa shape index (κ2) is 7.83. The highest BCUT2D eigenvalue weighted by molar-refractivity contribution is 7.92. The molecule has 29 heavy (non-hydrogen) atoms. The fourth-order valence-corrected chi connectivity index (χ4v) is 4.26. The van der Waals surface area contributed by atoms with E-state index >= 15 is 0 Å². The van der Waals surface area contributed by atoms with Gasteiger partial charge >= 0.3 is 0 Å². The lowest BCUT2D eigenvalue weighted by molar-refractivity contribution is -0.113. The average Bonchev–Trinajstić information content (AvgIpc) is 3.34. The highest BCUT2D eigenvalue weighted by Gasteiger charge is 2.19. The van der Waals surface area contributed by atoms with Crippen molar-refractivity contribution < 1.29 is 13.2 Å². The molecule has 0 radical (unpaired) electrons. The molecule has 7 heteroatoms. The van der Waals surface area contributed by atoms with E-state index in [-0.39, 0.29) is 5.75 Å². The molecule has 2 aromatic carbocycles. The quantitative estimate of drug-likeness (QED) is 0.677. The largest absolute Gasteiger partial charge is 0.310 e. The lowest BCUT2D eigenvalue weighted by Crippen LogP contribution is -2.25. The van der Waals surface area contributed by atoms with Gasteiger partial charge in [-0.3, -0.25) is 4.79 Å². The molecule has 150 valence electrons. The van der Waals surface area contributed by atoms with Gasteiger partial charge in [0.25, 0.3) is 0 Å². The average molecular weight is 410 g/mol. The Morgan fingerprint density at radius 2 is 1.83 bits per heavy atom. The summed E-state index contributed by atoms with van der Waals surface area (Å²) in [7, 11) is -3.41. The molecule has 3 aromatic rings. The molecule has 1 aliphatic rings. The summed E-state index contributed by atoms with van der Waals surface area (Å²) < 4.78 is 25.3. The molecule has 1 heterocycles. The molecule has 0 unspecified atom stereocenters. The highest BCUT2D eigenvalue weighted by Crippen LogP contribution is 2.30.